The lowest BCUT2D eigenvalue weighted by Gasteiger charge is -2.16. The molecule has 0 N–H and O–H groups in total. The van der Waals surface area contributed by atoms with Crippen molar-refractivity contribution in [1.29, 1.82) is 0 Å². The minimum absolute atomic E-state index is 0.0789. The van der Waals surface area contributed by atoms with Crippen LogP contribution in [0.2, 0.25) is 5.15 Å². The molecule has 3 rings (SSSR count). The minimum atomic E-state index is -3.03. The molecule has 1 saturated heterocycles. The fourth-order valence-corrected chi connectivity index (χ4v) is 5.20. The molecular weight excluding hydrogens is 392 g/mol. The van der Waals surface area contributed by atoms with E-state index in [2.05, 4.69) is 4.98 Å². The first-order valence-corrected chi connectivity index (χ1v) is 10.6. The predicted molar refractivity (Wildman–Crippen MR) is 100 cm³/mol. The molecule has 27 heavy (non-hydrogen) atoms. The average molecular weight is 411 g/mol. The van der Waals surface area contributed by atoms with Crippen LogP contribution in [-0.4, -0.2) is 47.8 Å². The zero-order chi connectivity index (χ0) is 19.8. The van der Waals surface area contributed by atoms with Gasteiger partial charge < -0.3 is 9.30 Å². The molecule has 3 heterocycles. The molecule has 0 aromatic carbocycles. The number of ketones is 1. The summed E-state index contributed by atoms with van der Waals surface area (Å²) in [4.78, 5) is 28.3. The minimum Gasteiger partial charge on any atom is -0.454 e. The molecule has 0 spiro atoms. The zero-order valence-electron chi connectivity index (χ0n) is 14.9. The lowest BCUT2D eigenvalue weighted by atomic mass is 10.1. The third kappa shape index (κ3) is 4.22. The van der Waals surface area contributed by atoms with Gasteiger partial charge in [-0.05, 0) is 38.5 Å². The number of pyridine rings is 1. The number of aromatic nitrogens is 2. The van der Waals surface area contributed by atoms with Crippen molar-refractivity contribution in [3.63, 3.8) is 0 Å². The Kier molecular flexibility index (Phi) is 5.39. The van der Waals surface area contributed by atoms with Gasteiger partial charge in [0.05, 0.1) is 17.1 Å². The van der Waals surface area contributed by atoms with Gasteiger partial charge in [-0.15, -0.1) is 0 Å². The number of hydrogen-bond donors (Lipinski definition) is 0. The standard InChI is InChI=1S/C18H19ClN2O5S/c1-11-7-15(12(2)21(11)14-5-6-27(24,25)10-14)16(22)9-26-18(23)13-3-4-17(19)20-8-13/h3-4,7-8,14H,5-6,9-10H2,1-2H3/t14-/m0/s1. The number of esters is 1. The van der Waals surface area contributed by atoms with E-state index < -0.39 is 22.4 Å². The zero-order valence-corrected chi connectivity index (χ0v) is 16.5. The molecule has 0 saturated carbocycles. The van der Waals surface area contributed by atoms with Gasteiger partial charge in [0, 0.05) is 29.2 Å². The Morgan fingerprint density at radius 3 is 2.67 bits per heavy atom. The highest BCUT2D eigenvalue weighted by Crippen LogP contribution is 2.29. The van der Waals surface area contributed by atoms with Gasteiger partial charge in [-0.1, -0.05) is 11.6 Å². The highest BCUT2D eigenvalue weighted by molar-refractivity contribution is 7.91. The first-order valence-electron chi connectivity index (χ1n) is 8.38. The summed E-state index contributed by atoms with van der Waals surface area (Å²) in [5, 5.41) is 0.254. The van der Waals surface area contributed by atoms with E-state index in [-0.39, 0.29) is 34.0 Å². The highest BCUT2D eigenvalue weighted by atomic mass is 35.5. The Morgan fingerprint density at radius 2 is 2.07 bits per heavy atom. The van der Waals surface area contributed by atoms with E-state index >= 15 is 0 Å². The van der Waals surface area contributed by atoms with Crippen LogP contribution in [0.15, 0.2) is 24.4 Å². The van der Waals surface area contributed by atoms with Crippen LogP contribution in [0.5, 0.6) is 0 Å². The van der Waals surface area contributed by atoms with Crippen molar-refractivity contribution in [3.05, 3.63) is 52.1 Å². The largest absolute Gasteiger partial charge is 0.454 e. The van der Waals surface area contributed by atoms with Crippen molar-refractivity contribution in [2.24, 2.45) is 0 Å². The number of carbonyl (C=O) groups excluding carboxylic acids is 2. The van der Waals surface area contributed by atoms with E-state index in [0.29, 0.717) is 17.7 Å². The second-order valence-corrected chi connectivity index (χ2v) is 9.20. The lowest BCUT2D eigenvalue weighted by Crippen LogP contribution is -2.17. The van der Waals surface area contributed by atoms with Crippen LogP contribution in [0.3, 0.4) is 0 Å². The molecule has 1 atom stereocenters. The Morgan fingerprint density at radius 1 is 1.33 bits per heavy atom. The van der Waals surface area contributed by atoms with Crippen molar-refractivity contribution in [2.45, 2.75) is 26.3 Å². The number of aryl methyl sites for hydroxylation is 1. The van der Waals surface area contributed by atoms with Crippen LogP contribution in [0.1, 0.15) is 44.6 Å². The first kappa shape index (κ1) is 19.6. The summed E-state index contributed by atoms with van der Waals surface area (Å²) in [7, 11) is -3.03. The number of ether oxygens (including phenoxy) is 1. The van der Waals surface area contributed by atoms with Crippen LogP contribution < -0.4 is 0 Å². The van der Waals surface area contributed by atoms with Crippen LogP contribution in [0, 0.1) is 13.8 Å². The average Bonchev–Trinajstić information content (AvgIpc) is 3.11. The van der Waals surface area contributed by atoms with Gasteiger partial charge in [-0.3, -0.25) is 4.79 Å². The first-order chi connectivity index (χ1) is 12.7. The summed E-state index contributed by atoms with van der Waals surface area (Å²) in [6.45, 7) is 3.20. The fourth-order valence-electron chi connectivity index (χ4n) is 3.39. The molecular formula is C18H19ClN2O5S. The third-order valence-corrected chi connectivity index (χ3v) is 6.63. The molecule has 0 radical (unpaired) electrons. The van der Waals surface area contributed by atoms with E-state index in [1.54, 1.807) is 13.0 Å². The van der Waals surface area contributed by atoms with Crippen LogP contribution in [-0.2, 0) is 14.6 Å². The number of halogens is 1. The van der Waals surface area contributed by atoms with Gasteiger partial charge in [0.2, 0.25) is 5.78 Å². The number of hydrogen-bond acceptors (Lipinski definition) is 6. The van der Waals surface area contributed by atoms with Gasteiger partial charge in [-0.2, -0.15) is 0 Å². The van der Waals surface area contributed by atoms with Gasteiger partial charge >= 0.3 is 5.97 Å². The maximum absolute atomic E-state index is 12.5. The highest BCUT2D eigenvalue weighted by Gasteiger charge is 2.31. The lowest BCUT2D eigenvalue weighted by molar-refractivity contribution is 0.0474. The summed E-state index contributed by atoms with van der Waals surface area (Å²) >= 11 is 5.67. The van der Waals surface area contributed by atoms with Gasteiger partial charge in [-0.25, -0.2) is 18.2 Å². The van der Waals surface area contributed by atoms with Gasteiger partial charge in [0.25, 0.3) is 0 Å². The summed E-state index contributed by atoms with van der Waals surface area (Å²) in [5.41, 5.74) is 2.13. The second-order valence-electron chi connectivity index (χ2n) is 6.58. The SMILES string of the molecule is Cc1cc(C(=O)COC(=O)c2ccc(Cl)nc2)c(C)n1[C@H]1CCS(=O)(=O)C1. The number of rotatable bonds is 5. The number of carbonyl (C=O) groups is 2. The van der Waals surface area contributed by atoms with Gasteiger partial charge in [0.15, 0.2) is 16.4 Å². The van der Waals surface area contributed by atoms with E-state index in [1.165, 1.54) is 18.3 Å². The van der Waals surface area contributed by atoms with E-state index in [4.69, 9.17) is 16.3 Å². The molecule has 0 amide bonds. The van der Waals surface area contributed by atoms with Crippen molar-refractivity contribution < 1.29 is 22.7 Å². The van der Waals surface area contributed by atoms with Crippen LogP contribution in [0.4, 0.5) is 0 Å². The van der Waals surface area contributed by atoms with Crippen molar-refractivity contribution in [2.75, 3.05) is 18.1 Å². The maximum atomic E-state index is 12.5. The normalized spacial score (nSPS) is 18.4. The van der Waals surface area contributed by atoms with Crippen LogP contribution >= 0.6 is 11.6 Å². The Bertz CT molecular complexity index is 996. The quantitative estimate of drug-likeness (QED) is 0.427. The smallest absolute Gasteiger partial charge is 0.340 e. The molecule has 2 aromatic rings. The molecule has 0 aliphatic carbocycles. The van der Waals surface area contributed by atoms with Crippen LogP contribution in [0.25, 0.3) is 0 Å². The molecule has 1 aliphatic rings. The second kappa shape index (κ2) is 7.44. The summed E-state index contributed by atoms with van der Waals surface area (Å²) < 4.78 is 30.5. The summed E-state index contributed by atoms with van der Waals surface area (Å²) in [6, 6.07) is 4.47. The number of sulfone groups is 1. The Hall–Kier alpha value is -2.19. The topological polar surface area (TPSA) is 95.3 Å². The molecule has 1 fully saturated rings. The molecule has 2 aromatic heterocycles. The Balaban J connectivity index is 1.71. The molecule has 144 valence electrons. The number of Topliss-reactive ketones (excluding diaryl/α,β-unsaturated/α-hetero) is 1. The predicted octanol–water partition coefficient (Wildman–Crippen LogP) is 2.55. The Labute approximate surface area is 162 Å². The third-order valence-electron chi connectivity index (χ3n) is 4.66. The molecule has 7 nitrogen and oxygen atoms in total. The van der Waals surface area contributed by atoms with E-state index in [1.807, 2.05) is 11.5 Å². The number of nitrogens with zero attached hydrogens (tertiary/aromatic N) is 2. The molecule has 1 aliphatic heterocycles. The molecule has 0 unspecified atom stereocenters. The molecule has 0 bridgehead atoms. The summed E-state index contributed by atoms with van der Waals surface area (Å²) in [5.74, 6) is -0.769. The van der Waals surface area contributed by atoms with E-state index in [0.717, 1.165) is 5.69 Å². The summed E-state index contributed by atoms with van der Waals surface area (Å²) in [6.07, 6.45) is 1.81. The molecule has 9 heteroatoms. The van der Waals surface area contributed by atoms with Crippen molar-refractivity contribution >= 4 is 33.2 Å². The maximum Gasteiger partial charge on any atom is 0.340 e. The van der Waals surface area contributed by atoms with Crippen molar-refractivity contribution in [1.82, 2.24) is 9.55 Å². The van der Waals surface area contributed by atoms with Crippen molar-refractivity contribution in [3.8, 4) is 0 Å². The van der Waals surface area contributed by atoms with Gasteiger partial charge in [0.1, 0.15) is 5.15 Å². The fraction of sp³-hybridized carbons (Fsp3) is 0.389. The monoisotopic (exact) mass is 410 g/mol. The van der Waals surface area contributed by atoms with E-state index in [9.17, 15) is 18.0 Å².